The first kappa shape index (κ1) is 15.7. The summed E-state index contributed by atoms with van der Waals surface area (Å²) in [5.41, 5.74) is 3.47. The molecule has 1 aliphatic heterocycles. The number of rotatable bonds is 3. The highest BCUT2D eigenvalue weighted by molar-refractivity contribution is 7.10. The van der Waals surface area contributed by atoms with Gasteiger partial charge < -0.3 is 10.2 Å². The van der Waals surface area contributed by atoms with Gasteiger partial charge in [0.2, 0.25) is 0 Å². The number of benzene rings is 1. The van der Waals surface area contributed by atoms with Gasteiger partial charge >= 0.3 is 0 Å². The van der Waals surface area contributed by atoms with Crippen molar-refractivity contribution in [3.8, 4) is 0 Å². The van der Waals surface area contributed by atoms with Crippen LogP contribution < -0.4 is 5.32 Å². The van der Waals surface area contributed by atoms with E-state index in [-0.39, 0.29) is 5.91 Å². The number of nitrogens with one attached hydrogen (secondary N) is 1. The number of hydrogen-bond donors (Lipinski definition) is 1. The summed E-state index contributed by atoms with van der Waals surface area (Å²) in [7, 11) is 0. The predicted octanol–water partition coefficient (Wildman–Crippen LogP) is 4.34. The number of amides is 1. The lowest BCUT2D eigenvalue weighted by Crippen LogP contribution is -2.45. The molecule has 1 unspecified atom stereocenters. The first-order valence-electron chi connectivity index (χ1n) is 9.01. The Kier molecular flexibility index (Phi) is 4.56. The average molecular weight is 340 g/mol. The molecule has 1 aromatic heterocycles. The summed E-state index contributed by atoms with van der Waals surface area (Å²) in [6.45, 7) is 1.69. The minimum atomic E-state index is 0.244. The van der Waals surface area contributed by atoms with Crippen molar-refractivity contribution in [2.75, 3.05) is 18.4 Å². The monoisotopic (exact) mass is 340 g/mol. The molecule has 2 heterocycles. The predicted molar refractivity (Wildman–Crippen MR) is 100.0 cm³/mol. The molecule has 1 aliphatic carbocycles. The van der Waals surface area contributed by atoms with Crippen molar-refractivity contribution in [2.24, 2.45) is 0 Å². The molecule has 24 heavy (non-hydrogen) atoms. The van der Waals surface area contributed by atoms with Crippen LogP contribution in [0.4, 0.5) is 5.69 Å². The molecule has 1 amide bonds. The Balaban J connectivity index is 1.46. The topological polar surface area (TPSA) is 32.3 Å². The SMILES string of the molecule is O=C(c1csc2c1CCCC2)N1CCCC(Nc2ccccc2)C1. The van der Waals surface area contributed by atoms with E-state index in [9.17, 15) is 4.79 Å². The molecule has 0 bridgehead atoms. The normalized spacial score (nSPS) is 20.5. The Bertz CT molecular complexity index is 710. The molecule has 0 spiro atoms. The number of hydrogen-bond acceptors (Lipinski definition) is 3. The van der Waals surface area contributed by atoms with Crippen molar-refractivity contribution >= 4 is 22.9 Å². The van der Waals surface area contributed by atoms with Crippen LogP contribution in [0.25, 0.3) is 0 Å². The molecule has 2 aromatic rings. The maximum atomic E-state index is 13.0. The molecule has 3 nitrogen and oxygen atoms in total. The highest BCUT2D eigenvalue weighted by Gasteiger charge is 2.28. The molecule has 4 rings (SSSR count). The van der Waals surface area contributed by atoms with E-state index in [2.05, 4.69) is 27.7 Å². The van der Waals surface area contributed by atoms with E-state index in [0.717, 1.165) is 50.0 Å². The molecule has 0 saturated carbocycles. The maximum absolute atomic E-state index is 13.0. The van der Waals surface area contributed by atoms with Crippen molar-refractivity contribution in [2.45, 2.75) is 44.6 Å². The zero-order valence-corrected chi connectivity index (χ0v) is 14.8. The maximum Gasteiger partial charge on any atom is 0.255 e. The van der Waals surface area contributed by atoms with Crippen LogP contribution in [0.3, 0.4) is 0 Å². The lowest BCUT2D eigenvalue weighted by Gasteiger charge is -2.34. The number of nitrogens with zero attached hydrogens (tertiary/aromatic N) is 1. The Hall–Kier alpha value is -1.81. The third-order valence-corrected chi connectivity index (χ3v) is 6.23. The molecule has 126 valence electrons. The Morgan fingerprint density at radius 3 is 2.83 bits per heavy atom. The smallest absolute Gasteiger partial charge is 0.255 e. The van der Waals surface area contributed by atoms with Gasteiger partial charge in [-0.25, -0.2) is 0 Å². The summed E-state index contributed by atoms with van der Waals surface area (Å²) in [5.74, 6) is 0.244. The van der Waals surface area contributed by atoms with Gasteiger partial charge in [-0.15, -0.1) is 11.3 Å². The second kappa shape index (κ2) is 6.98. The fraction of sp³-hybridized carbons (Fsp3) is 0.450. The Labute approximate surface area is 147 Å². The number of likely N-dealkylation sites (tertiary alicyclic amines) is 1. The number of thiophene rings is 1. The van der Waals surface area contributed by atoms with Crippen LogP contribution in [0.5, 0.6) is 0 Å². The summed E-state index contributed by atoms with van der Waals surface area (Å²) in [4.78, 5) is 16.5. The molecule has 2 aliphatic rings. The minimum Gasteiger partial charge on any atom is -0.381 e. The van der Waals surface area contributed by atoms with Gasteiger partial charge in [-0.2, -0.15) is 0 Å². The zero-order valence-electron chi connectivity index (χ0n) is 14.0. The number of carbonyl (C=O) groups excluding carboxylic acids is 1. The highest BCUT2D eigenvalue weighted by atomic mass is 32.1. The number of piperidine rings is 1. The van der Waals surface area contributed by atoms with E-state index in [1.165, 1.54) is 23.3 Å². The van der Waals surface area contributed by atoms with Gasteiger partial charge in [0.25, 0.3) is 5.91 Å². The molecule has 1 N–H and O–H groups in total. The van der Waals surface area contributed by atoms with Crippen LogP contribution in [0.2, 0.25) is 0 Å². The Morgan fingerprint density at radius 2 is 1.96 bits per heavy atom. The highest BCUT2D eigenvalue weighted by Crippen LogP contribution is 2.31. The van der Waals surface area contributed by atoms with Crippen LogP contribution in [-0.4, -0.2) is 29.9 Å². The standard InChI is InChI=1S/C20H24N2OS/c23-20(18-14-24-19-11-5-4-10-17(18)19)22-12-6-9-16(13-22)21-15-7-2-1-3-8-15/h1-3,7-8,14,16,21H,4-6,9-13H2. The van der Waals surface area contributed by atoms with Gasteiger partial charge in [0.1, 0.15) is 0 Å². The number of fused-ring (bicyclic) bond motifs is 1. The first-order chi connectivity index (χ1) is 11.8. The van der Waals surface area contributed by atoms with Crippen molar-refractivity contribution in [3.05, 3.63) is 51.7 Å². The van der Waals surface area contributed by atoms with Crippen LogP contribution in [-0.2, 0) is 12.8 Å². The van der Waals surface area contributed by atoms with E-state index >= 15 is 0 Å². The second-order valence-corrected chi connectivity index (χ2v) is 7.82. The summed E-state index contributed by atoms with van der Waals surface area (Å²) < 4.78 is 0. The second-order valence-electron chi connectivity index (χ2n) is 6.86. The summed E-state index contributed by atoms with van der Waals surface area (Å²) in [5, 5.41) is 5.69. The lowest BCUT2D eigenvalue weighted by atomic mass is 9.95. The van der Waals surface area contributed by atoms with E-state index in [4.69, 9.17) is 0 Å². The molecular weight excluding hydrogens is 316 g/mol. The van der Waals surface area contributed by atoms with Crippen LogP contribution in [0, 0.1) is 0 Å². The van der Waals surface area contributed by atoms with Crippen molar-refractivity contribution in [1.29, 1.82) is 0 Å². The number of para-hydroxylation sites is 1. The van der Waals surface area contributed by atoms with Crippen LogP contribution in [0.15, 0.2) is 35.7 Å². The molecule has 1 saturated heterocycles. The van der Waals surface area contributed by atoms with Gasteiger partial charge in [0, 0.05) is 35.1 Å². The molecular formula is C20H24N2OS. The van der Waals surface area contributed by atoms with Gasteiger partial charge in [0.15, 0.2) is 0 Å². The zero-order chi connectivity index (χ0) is 16.4. The molecule has 1 fully saturated rings. The molecule has 4 heteroatoms. The average Bonchev–Trinajstić information content (AvgIpc) is 3.06. The molecule has 0 radical (unpaired) electrons. The van der Waals surface area contributed by atoms with E-state index in [0.29, 0.717) is 6.04 Å². The van der Waals surface area contributed by atoms with E-state index < -0.39 is 0 Å². The van der Waals surface area contributed by atoms with Crippen molar-refractivity contribution in [3.63, 3.8) is 0 Å². The third kappa shape index (κ3) is 3.20. The molecule has 1 aromatic carbocycles. The Morgan fingerprint density at radius 1 is 1.12 bits per heavy atom. The molecule has 1 atom stereocenters. The van der Waals surface area contributed by atoms with Crippen LogP contribution in [0.1, 0.15) is 46.5 Å². The quantitative estimate of drug-likeness (QED) is 0.901. The van der Waals surface area contributed by atoms with Crippen molar-refractivity contribution in [1.82, 2.24) is 4.90 Å². The van der Waals surface area contributed by atoms with E-state index in [1.807, 2.05) is 18.2 Å². The fourth-order valence-electron chi connectivity index (χ4n) is 3.89. The largest absolute Gasteiger partial charge is 0.381 e. The van der Waals surface area contributed by atoms with Gasteiger partial charge in [0.05, 0.1) is 5.56 Å². The van der Waals surface area contributed by atoms with E-state index in [1.54, 1.807) is 11.3 Å². The van der Waals surface area contributed by atoms with Gasteiger partial charge in [-0.05, 0) is 56.2 Å². The minimum absolute atomic E-state index is 0.244. The fourth-order valence-corrected chi connectivity index (χ4v) is 5.01. The van der Waals surface area contributed by atoms with Crippen LogP contribution >= 0.6 is 11.3 Å². The van der Waals surface area contributed by atoms with Gasteiger partial charge in [-0.3, -0.25) is 4.79 Å². The number of anilines is 1. The van der Waals surface area contributed by atoms with Crippen molar-refractivity contribution < 1.29 is 4.79 Å². The lowest BCUT2D eigenvalue weighted by molar-refractivity contribution is 0.0714. The number of carbonyl (C=O) groups is 1. The first-order valence-corrected chi connectivity index (χ1v) is 9.89. The summed E-state index contributed by atoms with van der Waals surface area (Å²) in [6, 6.07) is 10.7. The van der Waals surface area contributed by atoms with Gasteiger partial charge in [-0.1, -0.05) is 18.2 Å². The summed E-state index contributed by atoms with van der Waals surface area (Å²) >= 11 is 1.78. The third-order valence-electron chi connectivity index (χ3n) is 5.14. The summed E-state index contributed by atoms with van der Waals surface area (Å²) in [6.07, 6.45) is 6.93. The number of aryl methyl sites for hydroxylation is 1.